The van der Waals surface area contributed by atoms with E-state index in [2.05, 4.69) is 19.2 Å². The molecule has 0 amide bonds. The molecule has 0 aromatic carbocycles. The van der Waals surface area contributed by atoms with E-state index in [1.165, 1.54) is 6.42 Å². The Morgan fingerprint density at radius 3 is 2.75 bits per heavy atom. The van der Waals surface area contributed by atoms with Gasteiger partial charge in [-0.2, -0.15) is 0 Å². The molecular formula is C13H23NO2. The minimum atomic E-state index is -0.343. The Hall–Kier alpha value is -0.570. The zero-order valence-corrected chi connectivity index (χ0v) is 10.4. The van der Waals surface area contributed by atoms with Crippen molar-refractivity contribution in [3.05, 3.63) is 0 Å². The van der Waals surface area contributed by atoms with Crippen LogP contribution in [0.15, 0.2) is 0 Å². The number of esters is 1. The van der Waals surface area contributed by atoms with Gasteiger partial charge in [-0.1, -0.05) is 39.5 Å². The second kappa shape index (κ2) is 4.74. The molecule has 0 aromatic heterocycles. The summed E-state index contributed by atoms with van der Waals surface area (Å²) in [4.78, 5) is 11.9. The first-order chi connectivity index (χ1) is 7.68. The standard InChI is InChI=1S/C13H23NO2/c1-3-10(2)11-9-16-12(15)13(14-11)7-5-4-6-8-13/h10-11,14H,3-9H2,1-2H3/t10?,11-/m1/s1. The third kappa shape index (κ3) is 2.10. The molecule has 2 fully saturated rings. The van der Waals surface area contributed by atoms with Gasteiger partial charge in [0, 0.05) is 6.04 Å². The van der Waals surface area contributed by atoms with E-state index in [0.29, 0.717) is 18.6 Å². The molecule has 1 aliphatic carbocycles. The highest BCUT2D eigenvalue weighted by Crippen LogP contribution is 2.33. The summed E-state index contributed by atoms with van der Waals surface area (Å²) in [6.07, 6.45) is 6.60. The number of hydrogen-bond donors (Lipinski definition) is 1. The molecule has 1 heterocycles. The Labute approximate surface area is 97.9 Å². The van der Waals surface area contributed by atoms with Crippen LogP contribution < -0.4 is 5.32 Å². The summed E-state index contributed by atoms with van der Waals surface area (Å²) in [5.41, 5.74) is -0.343. The molecule has 1 saturated carbocycles. The predicted octanol–water partition coefficient (Wildman–Crippen LogP) is 2.25. The molecule has 2 rings (SSSR count). The van der Waals surface area contributed by atoms with Crippen LogP contribution in [0.25, 0.3) is 0 Å². The van der Waals surface area contributed by atoms with Crippen molar-refractivity contribution in [3.8, 4) is 0 Å². The lowest BCUT2D eigenvalue weighted by Crippen LogP contribution is -2.64. The molecule has 0 aromatic rings. The van der Waals surface area contributed by atoms with Crippen molar-refractivity contribution < 1.29 is 9.53 Å². The third-order valence-corrected chi connectivity index (χ3v) is 4.28. The summed E-state index contributed by atoms with van der Waals surface area (Å²) in [6.45, 7) is 4.97. The van der Waals surface area contributed by atoms with Crippen LogP contribution in [0.5, 0.6) is 0 Å². The number of cyclic esters (lactones) is 1. The Balaban J connectivity index is 2.07. The summed E-state index contributed by atoms with van der Waals surface area (Å²) in [5, 5.41) is 3.59. The SMILES string of the molecule is CCC(C)[C@H]1COC(=O)C2(CCCCC2)N1. The number of morpholine rings is 1. The molecular weight excluding hydrogens is 202 g/mol. The van der Waals surface area contributed by atoms with Gasteiger partial charge in [-0.05, 0) is 18.8 Å². The van der Waals surface area contributed by atoms with Gasteiger partial charge >= 0.3 is 5.97 Å². The average Bonchev–Trinajstić information content (AvgIpc) is 2.33. The number of ether oxygens (including phenoxy) is 1. The second-order valence-electron chi connectivity index (χ2n) is 5.38. The van der Waals surface area contributed by atoms with Crippen molar-refractivity contribution in [1.29, 1.82) is 0 Å². The van der Waals surface area contributed by atoms with Gasteiger partial charge in [-0.3, -0.25) is 10.1 Å². The lowest BCUT2D eigenvalue weighted by Gasteiger charge is -2.44. The van der Waals surface area contributed by atoms with Gasteiger partial charge in [0.05, 0.1) is 0 Å². The number of carbonyl (C=O) groups is 1. The zero-order chi connectivity index (χ0) is 11.6. The lowest BCUT2D eigenvalue weighted by atomic mass is 9.79. The minimum Gasteiger partial charge on any atom is -0.463 e. The first-order valence-corrected chi connectivity index (χ1v) is 6.63. The fourth-order valence-corrected chi connectivity index (χ4v) is 2.85. The third-order valence-electron chi connectivity index (χ3n) is 4.28. The first kappa shape index (κ1) is 11.9. The fraction of sp³-hybridized carbons (Fsp3) is 0.923. The quantitative estimate of drug-likeness (QED) is 0.733. The van der Waals surface area contributed by atoms with Gasteiger partial charge in [-0.25, -0.2) is 0 Å². The monoisotopic (exact) mass is 225 g/mol. The highest BCUT2D eigenvalue weighted by atomic mass is 16.5. The van der Waals surface area contributed by atoms with Gasteiger partial charge < -0.3 is 4.74 Å². The maximum Gasteiger partial charge on any atom is 0.326 e. The van der Waals surface area contributed by atoms with Crippen LogP contribution in [0.3, 0.4) is 0 Å². The lowest BCUT2D eigenvalue weighted by molar-refractivity contribution is -0.162. The average molecular weight is 225 g/mol. The van der Waals surface area contributed by atoms with Crippen molar-refractivity contribution in [2.75, 3.05) is 6.61 Å². The molecule has 3 nitrogen and oxygen atoms in total. The fourth-order valence-electron chi connectivity index (χ4n) is 2.85. The number of carbonyl (C=O) groups excluding carboxylic acids is 1. The van der Waals surface area contributed by atoms with E-state index in [-0.39, 0.29) is 11.5 Å². The summed E-state index contributed by atoms with van der Waals surface area (Å²) in [5.74, 6) is 0.568. The van der Waals surface area contributed by atoms with Crippen molar-refractivity contribution in [2.45, 2.75) is 64.0 Å². The van der Waals surface area contributed by atoms with Crippen LogP contribution in [-0.4, -0.2) is 24.2 Å². The van der Waals surface area contributed by atoms with E-state index >= 15 is 0 Å². The summed E-state index contributed by atoms with van der Waals surface area (Å²) in [6, 6.07) is 0.348. The first-order valence-electron chi connectivity index (χ1n) is 6.63. The molecule has 1 spiro atoms. The zero-order valence-electron chi connectivity index (χ0n) is 10.4. The van der Waals surface area contributed by atoms with Crippen LogP contribution in [-0.2, 0) is 9.53 Å². The Bertz CT molecular complexity index is 259. The van der Waals surface area contributed by atoms with Crippen molar-refractivity contribution in [1.82, 2.24) is 5.32 Å². The van der Waals surface area contributed by atoms with Crippen LogP contribution in [0.2, 0.25) is 0 Å². The van der Waals surface area contributed by atoms with Crippen LogP contribution in [0.1, 0.15) is 52.4 Å². The van der Waals surface area contributed by atoms with Gasteiger partial charge in [0.25, 0.3) is 0 Å². The molecule has 1 aliphatic heterocycles. The Kier molecular flexibility index (Phi) is 3.53. The molecule has 0 radical (unpaired) electrons. The van der Waals surface area contributed by atoms with E-state index in [1.807, 2.05) is 0 Å². The molecule has 3 heteroatoms. The van der Waals surface area contributed by atoms with E-state index in [1.54, 1.807) is 0 Å². The van der Waals surface area contributed by atoms with E-state index in [9.17, 15) is 4.79 Å². The van der Waals surface area contributed by atoms with Gasteiger partial charge in [0.15, 0.2) is 0 Å². The highest BCUT2D eigenvalue weighted by molar-refractivity contribution is 5.81. The van der Waals surface area contributed by atoms with Crippen molar-refractivity contribution >= 4 is 5.97 Å². The van der Waals surface area contributed by atoms with Gasteiger partial charge in [-0.15, -0.1) is 0 Å². The number of rotatable bonds is 2. The molecule has 1 unspecified atom stereocenters. The van der Waals surface area contributed by atoms with Crippen LogP contribution in [0.4, 0.5) is 0 Å². The topological polar surface area (TPSA) is 38.3 Å². The van der Waals surface area contributed by atoms with E-state index in [0.717, 1.165) is 32.1 Å². The highest BCUT2D eigenvalue weighted by Gasteiger charge is 2.46. The Morgan fingerprint density at radius 1 is 1.44 bits per heavy atom. The van der Waals surface area contributed by atoms with E-state index in [4.69, 9.17) is 4.74 Å². The molecule has 0 bridgehead atoms. The molecule has 2 aliphatic rings. The minimum absolute atomic E-state index is 0.00764. The maximum absolute atomic E-state index is 11.9. The summed E-state index contributed by atoms with van der Waals surface area (Å²) in [7, 11) is 0. The summed E-state index contributed by atoms with van der Waals surface area (Å²) < 4.78 is 5.41. The molecule has 1 saturated heterocycles. The Morgan fingerprint density at radius 2 is 2.12 bits per heavy atom. The normalized spacial score (nSPS) is 31.1. The molecule has 1 N–H and O–H groups in total. The van der Waals surface area contributed by atoms with Gasteiger partial charge in [0.2, 0.25) is 0 Å². The number of hydrogen-bond acceptors (Lipinski definition) is 3. The largest absolute Gasteiger partial charge is 0.463 e. The molecule has 16 heavy (non-hydrogen) atoms. The van der Waals surface area contributed by atoms with Crippen LogP contribution in [0, 0.1) is 5.92 Å². The molecule has 2 atom stereocenters. The maximum atomic E-state index is 11.9. The summed E-state index contributed by atoms with van der Waals surface area (Å²) >= 11 is 0. The smallest absolute Gasteiger partial charge is 0.326 e. The van der Waals surface area contributed by atoms with Crippen molar-refractivity contribution in [2.24, 2.45) is 5.92 Å². The van der Waals surface area contributed by atoms with Gasteiger partial charge in [0.1, 0.15) is 12.1 Å². The molecule has 92 valence electrons. The van der Waals surface area contributed by atoms with Crippen molar-refractivity contribution in [3.63, 3.8) is 0 Å². The van der Waals surface area contributed by atoms with E-state index < -0.39 is 0 Å². The second-order valence-corrected chi connectivity index (χ2v) is 5.38. The predicted molar refractivity (Wildman–Crippen MR) is 63.2 cm³/mol. The number of nitrogens with one attached hydrogen (secondary N) is 1. The van der Waals surface area contributed by atoms with Crippen LogP contribution >= 0.6 is 0 Å².